The number of urea groups is 1. The van der Waals surface area contributed by atoms with Gasteiger partial charge in [-0.3, -0.25) is 0 Å². The third-order valence-electron chi connectivity index (χ3n) is 3.11. The Morgan fingerprint density at radius 3 is 2.89 bits per heavy atom. The zero-order valence-corrected chi connectivity index (χ0v) is 10.5. The summed E-state index contributed by atoms with van der Waals surface area (Å²) in [6.07, 6.45) is 0.783. The van der Waals surface area contributed by atoms with Crippen molar-refractivity contribution in [1.82, 2.24) is 9.80 Å². The number of aliphatic carboxylic acids is 1. The highest BCUT2D eigenvalue weighted by Crippen LogP contribution is 2.20. The van der Waals surface area contributed by atoms with E-state index in [0.29, 0.717) is 5.76 Å². The van der Waals surface area contributed by atoms with E-state index in [1.165, 1.54) is 16.1 Å². The first-order valence-electron chi connectivity index (χ1n) is 5.94. The first-order valence-corrected chi connectivity index (χ1v) is 5.94. The molecule has 0 bridgehead atoms. The molecule has 1 aliphatic heterocycles. The number of amides is 2. The Morgan fingerprint density at radius 1 is 1.58 bits per heavy atom. The van der Waals surface area contributed by atoms with Crippen LogP contribution in [0.5, 0.6) is 0 Å². The Bertz CT molecular complexity index is 459. The van der Waals surface area contributed by atoms with Crippen molar-refractivity contribution in [3.63, 3.8) is 0 Å². The van der Waals surface area contributed by atoms with E-state index in [1.807, 2.05) is 0 Å². The number of carbonyl (C=O) groups is 2. The molecule has 2 heterocycles. The highest BCUT2D eigenvalue weighted by Gasteiger charge is 2.40. The van der Waals surface area contributed by atoms with Gasteiger partial charge in [0.2, 0.25) is 0 Å². The lowest BCUT2D eigenvalue weighted by molar-refractivity contribution is -0.141. The van der Waals surface area contributed by atoms with E-state index >= 15 is 0 Å². The third-order valence-corrected chi connectivity index (χ3v) is 3.11. The Kier molecular flexibility index (Phi) is 3.75. The molecular formula is C12H16N2O5. The van der Waals surface area contributed by atoms with Crippen LogP contribution in [0, 0.1) is 0 Å². The normalized spacial score (nSPS) is 22.5. The van der Waals surface area contributed by atoms with Gasteiger partial charge in [0.1, 0.15) is 11.8 Å². The number of furan rings is 1. The van der Waals surface area contributed by atoms with Crippen LogP contribution in [0.25, 0.3) is 0 Å². The van der Waals surface area contributed by atoms with Gasteiger partial charge in [-0.05, 0) is 12.1 Å². The monoisotopic (exact) mass is 268 g/mol. The zero-order valence-electron chi connectivity index (χ0n) is 10.5. The fraction of sp³-hybridized carbons (Fsp3) is 0.500. The van der Waals surface area contributed by atoms with Crippen LogP contribution < -0.4 is 0 Å². The Morgan fingerprint density at radius 2 is 2.32 bits per heavy atom. The predicted molar refractivity (Wildman–Crippen MR) is 64.3 cm³/mol. The molecule has 2 atom stereocenters. The number of β-amino-alcohol motifs (C(OH)–C–C–N with tert-alkyl or cyclic N) is 1. The fourth-order valence-electron chi connectivity index (χ4n) is 2.18. The molecule has 0 spiro atoms. The average molecular weight is 268 g/mol. The summed E-state index contributed by atoms with van der Waals surface area (Å²) >= 11 is 0. The molecule has 2 rings (SSSR count). The summed E-state index contributed by atoms with van der Waals surface area (Å²) in [7, 11) is 1.56. The van der Waals surface area contributed by atoms with Gasteiger partial charge >= 0.3 is 12.0 Å². The second-order valence-corrected chi connectivity index (χ2v) is 4.61. The molecule has 19 heavy (non-hydrogen) atoms. The molecule has 2 amide bonds. The number of likely N-dealkylation sites (tertiary alicyclic amines) is 1. The lowest BCUT2D eigenvalue weighted by atomic mass is 10.2. The third kappa shape index (κ3) is 2.87. The van der Waals surface area contributed by atoms with Crippen LogP contribution in [0.1, 0.15) is 12.2 Å². The predicted octanol–water partition coefficient (Wildman–Crippen LogP) is 0.351. The number of nitrogens with zero attached hydrogens (tertiary/aromatic N) is 2. The maximum Gasteiger partial charge on any atom is 0.326 e. The van der Waals surface area contributed by atoms with Gasteiger partial charge in [-0.15, -0.1) is 0 Å². The highest BCUT2D eigenvalue weighted by molar-refractivity contribution is 5.83. The molecule has 1 aromatic rings. The number of hydrogen-bond donors (Lipinski definition) is 2. The van der Waals surface area contributed by atoms with Gasteiger partial charge in [0.25, 0.3) is 0 Å². The first-order chi connectivity index (χ1) is 8.99. The maximum atomic E-state index is 12.2. The van der Waals surface area contributed by atoms with Crippen LogP contribution in [0.15, 0.2) is 22.8 Å². The number of carboxylic acid groups (broad SMARTS) is 1. The topological polar surface area (TPSA) is 94.2 Å². The van der Waals surface area contributed by atoms with Gasteiger partial charge < -0.3 is 24.4 Å². The molecule has 1 aromatic heterocycles. The van der Waals surface area contributed by atoms with Gasteiger partial charge in [0.15, 0.2) is 0 Å². The van der Waals surface area contributed by atoms with Gasteiger partial charge in [-0.2, -0.15) is 0 Å². The number of rotatable bonds is 3. The molecule has 1 aliphatic rings. The molecule has 0 saturated carbocycles. The standard InChI is InChI=1S/C12H16N2O5/c1-13(7-9-3-2-4-19-9)12(18)14-6-8(15)5-10(14)11(16)17/h2-4,8,10,15H,5-7H2,1H3,(H,16,17)/t8-,10-/m0/s1. The largest absolute Gasteiger partial charge is 0.480 e. The van der Waals surface area contributed by atoms with Crippen molar-refractivity contribution in [1.29, 1.82) is 0 Å². The summed E-state index contributed by atoms with van der Waals surface area (Å²) in [5.74, 6) is -0.487. The molecule has 0 unspecified atom stereocenters. The molecule has 104 valence electrons. The Balaban J connectivity index is 2.03. The van der Waals surface area contributed by atoms with Crippen LogP contribution >= 0.6 is 0 Å². The van der Waals surface area contributed by atoms with E-state index in [2.05, 4.69) is 0 Å². The van der Waals surface area contributed by atoms with Crippen molar-refractivity contribution in [3.8, 4) is 0 Å². The van der Waals surface area contributed by atoms with E-state index < -0.39 is 24.1 Å². The second kappa shape index (κ2) is 5.31. The molecular weight excluding hydrogens is 252 g/mol. The van der Waals surface area contributed by atoms with Crippen LogP contribution in [-0.2, 0) is 11.3 Å². The van der Waals surface area contributed by atoms with Crippen LogP contribution in [0.2, 0.25) is 0 Å². The van der Waals surface area contributed by atoms with Crippen molar-refractivity contribution < 1.29 is 24.2 Å². The van der Waals surface area contributed by atoms with Gasteiger partial charge in [-0.25, -0.2) is 9.59 Å². The number of carboxylic acids is 1. The molecule has 1 fully saturated rings. The van der Waals surface area contributed by atoms with Crippen LogP contribution in [-0.4, -0.2) is 57.8 Å². The molecule has 1 saturated heterocycles. The smallest absolute Gasteiger partial charge is 0.326 e. The lowest BCUT2D eigenvalue weighted by Gasteiger charge is -2.26. The fourth-order valence-corrected chi connectivity index (χ4v) is 2.18. The molecule has 0 aliphatic carbocycles. The molecule has 2 N–H and O–H groups in total. The second-order valence-electron chi connectivity index (χ2n) is 4.61. The van der Waals surface area contributed by atoms with E-state index in [1.54, 1.807) is 19.2 Å². The molecule has 7 nitrogen and oxygen atoms in total. The first kappa shape index (κ1) is 13.4. The van der Waals surface area contributed by atoms with Crippen molar-refractivity contribution in [2.24, 2.45) is 0 Å². The number of aliphatic hydroxyl groups excluding tert-OH is 1. The van der Waals surface area contributed by atoms with Gasteiger partial charge in [-0.1, -0.05) is 0 Å². The summed E-state index contributed by atoms with van der Waals surface area (Å²) in [5.41, 5.74) is 0. The SMILES string of the molecule is CN(Cc1ccco1)C(=O)N1C[C@@H](O)C[C@H]1C(=O)O. The quantitative estimate of drug-likeness (QED) is 0.825. The summed E-state index contributed by atoms with van der Waals surface area (Å²) in [6, 6.07) is 2.05. The van der Waals surface area contributed by atoms with E-state index in [0.717, 1.165) is 0 Å². The summed E-state index contributed by atoms with van der Waals surface area (Å²) in [5, 5.41) is 18.6. The molecule has 0 radical (unpaired) electrons. The van der Waals surface area contributed by atoms with Crippen molar-refractivity contribution in [2.45, 2.75) is 25.1 Å². The zero-order chi connectivity index (χ0) is 14.0. The summed E-state index contributed by atoms with van der Waals surface area (Å²) < 4.78 is 5.13. The van der Waals surface area contributed by atoms with E-state index in [-0.39, 0.29) is 19.5 Å². The summed E-state index contributed by atoms with van der Waals surface area (Å²) in [4.78, 5) is 25.8. The lowest BCUT2D eigenvalue weighted by Crippen LogP contribution is -2.46. The molecule has 7 heteroatoms. The highest BCUT2D eigenvalue weighted by atomic mass is 16.4. The van der Waals surface area contributed by atoms with Crippen molar-refractivity contribution >= 4 is 12.0 Å². The van der Waals surface area contributed by atoms with Crippen molar-refractivity contribution in [3.05, 3.63) is 24.2 Å². The van der Waals surface area contributed by atoms with E-state index in [9.17, 15) is 14.7 Å². The van der Waals surface area contributed by atoms with Crippen LogP contribution in [0.3, 0.4) is 0 Å². The average Bonchev–Trinajstić information content (AvgIpc) is 2.97. The minimum atomic E-state index is -1.10. The Hall–Kier alpha value is -2.02. The number of hydrogen-bond acceptors (Lipinski definition) is 4. The minimum Gasteiger partial charge on any atom is -0.480 e. The van der Waals surface area contributed by atoms with Gasteiger partial charge in [0, 0.05) is 20.0 Å². The minimum absolute atomic E-state index is 0.0400. The van der Waals surface area contributed by atoms with Crippen LogP contribution in [0.4, 0.5) is 4.79 Å². The molecule has 0 aromatic carbocycles. The van der Waals surface area contributed by atoms with Crippen molar-refractivity contribution in [2.75, 3.05) is 13.6 Å². The summed E-state index contributed by atoms with van der Waals surface area (Å²) in [6.45, 7) is 0.295. The number of aliphatic hydroxyl groups is 1. The van der Waals surface area contributed by atoms with Gasteiger partial charge in [0.05, 0.1) is 18.9 Å². The maximum absolute atomic E-state index is 12.2. The Labute approximate surface area is 110 Å². The number of carbonyl (C=O) groups excluding carboxylic acids is 1. The van der Waals surface area contributed by atoms with E-state index in [4.69, 9.17) is 9.52 Å².